The lowest BCUT2D eigenvalue weighted by Crippen LogP contribution is -2.22. The van der Waals surface area contributed by atoms with Gasteiger partial charge in [-0.15, -0.1) is 0 Å². The molecule has 0 radical (unpaired) electrons. The Bertz CT molecular complexity index is 759. The number of hydrogen-bond donors (Lipinski definition) is 3. The lowest BCUT2D eigenvalue weighted by Gasteiger charge is -2.12. The van der Waals surface area contributed by atoms with Gasteiger partial charge in [-0.3, -0.25) is 9.59 Å². The first-order valence-electron chi connectivity index (χ1n) is 7.82. The van der Waals surface area contributed by atoms with Gasteiger partial charge >= 0.3 is 0 Å². The van der Waals surface area contributed by atoms with Crippen LogP contribution >= 0.6 is 0 Å². The van der Waals surface area contributed by atoms with Gasteiger partial charge in [-0.05, 0) is 30.3 Å². The average molecular weight is 339 g/mol. The van der Waals surface area contributed by atoms with E-state index in [-0.39, 0.29) is 18.4 Å². The summed E-state index contributed by atoms with van der Waals surface area (Å²) in [5.74, 6) is 0.179. The number of benzene rings is 2. The highest BCUT2D eigenvalue weighted by Gasteiger charge is 2.08. The third-order valence-corrected chi connectivity index (χ3v) is 3.32. The largest absolute Gasteiger partial charge is 0.487 e. The Balaban J connectivity index is 1.95. The number of anilines is 2. The van der Waals surface area contributed by atoms with E-state index in [0.29, 0.717) is 29.3 Å². The fraction of sp³-hybridized carbons (Fsp3) is 0.158. The molecule has 0 saturated carbocycles. The predicted octanol–water partition coefficient (Wildman–Crippen LogP) is 2.66. The average Bonchev–Trinajstić information content (AvgIpc) is 2.65. The van der Waals surface area contributed by atoms with Gasteiger partial charge in [0.1, 0.15) is 12.4 Å². The van der Waals surface area contributed by atoms with Crippen molar-refractivity contribution in [2.75, 3.05) is 30.8 Å². The molecule has 2 aromatic carbocycles. The Morgan fingerprint density at radius 1 is 1.16 bits per heavy atom. The second kappa shape index (κ2) is 9.12. The SMILES string of the molecule is C=CCOc1ccccc1NC(=O)CNc1cccc(C(=O)NC)c1. The molecule has 0 heterocycles. The summed E-state index contributed by atoms with van der Waals surface area (Å²) in [5, 5.41) is 8.36. The molecule has 6 heteroatoms. The summed E-state index contributed by atoms with van der Waals surface area (Å²) in [7, 11) is 1.57. The molecule has 0 aromatic heterocycles. The van der Waals surface area contributed by atoms with Gasteiger partial charge in [0.05, 0.1) is 12.2 Å². The van der Waals surface area contributed by atoms with Gasteiger partial charge in [0, 0.05) is 18.3 Å². The molecule has 6 nitrogen and oxygen atoms in total. The number of amides is 2. The molecule has 2 aromatic rings. The normalized spacial score (nSPS) is 9.80. The van der Waals surface area contributed by atoms with Crippen LogP contribution in [0.3, 0.4) is 0 Å². The highest BCUT2D eigenvalue weighted by Crippen LogP contribution is 2.23. The van der Waals surface area contributed by atoms with Crippen molar-refractivity contribution in [1.82, 2.24) is 5.32 Å². The molecule has 2 rings (SSSR count). The molecule has 0 saturated heterocycles. The molecule has 0 bridgehead atoms. The van der Waals surface area contributed by atoms with E-state index in [1.807, 2.05) is 12.1 Å². The Hall–Kier alpha value is -3.28. The van der Waals surface area contributed by atoms with Crippen LogP contribution in [0.2, 0.25) is 0 Å². The van der Waals surface area contributed by atoms with Crippen LogP contribution in [-0.4, -0.2) is 32.0 Å². The van der Waals surface area contributed by atoms with E-state index < -0.39 is 0 Å². The minimum atomic E-state index is -0.222. The van der Waals surface area contributed by atoms with Crippen molar-refractivity contribution in [3.63, 3.8) is 0 Å². The van der Waals surface area contributed by atoms with E-state index in [2.05, 4.69) is 22.5 Å². The van der Waals surface area contributed by atoms with E-state index in [4.69, 9.17) is 4.74 Å². The van der Waals surface area contributed by atoms with Gasteiger partial charge in [0.25, 0.3) is 5.91 Å². The second-order valence-corrected chi connectivity index (χ2v) is 5.16. The second-order valence-electron chi connectivity index (χ2n) is 5.16. The predicted molar refractivity (Wildman–Crippen MR) is 99.1 cm³/mol. The van der Waals surface area contributed by atoms with Gasteiger partial charge in [0.2, 0.25) is 5.91 Å². The van der Waals surface area contributed by atoms with E-state index in [0.717, 1.165) is 0 Å². The Morgan fingerprint density at radius 3 is 2.72 bits per heavy atom. The van der Waals surface area contributed by atoms with Crippen LogP contribution in [0.25, 0.3) is 0 Å². The van der Waals surface area contributed by atoms with Crippen LogP contribution in [0, 0.1) is 0 Å². The highest BCUT2D eigenvalue weighted by molar-refractivity contribution is 5.96. The standard InChI is InChI=1S/C19H21N3O3/c1-3-11-25-17-10-5-4-9-16(17)22-18(23)13-21-15-8-6-7-14(12-15)19(24)20-2/h3-10,12,21H,1,11,13H2,2H3,(H,20,24)(H,22,23). The van der Waals surface area contributed by atoms with Crippen molar-refractivity contribution in [3.05, 3.63) is 66.7 Å². The molecule has 25 heavy (non-hydrogen) atoms. The summed E-state index contributed by atoms with van der Waals surface area (Å²) in [5.41, 5.74) is 1.80. The van der Waals surface area contributed by atoms with Crippen molar-refractivity contribution in [3.8, 4) is 5.75 Å². The fourth-order valence-electron chi connectivity index (χ4n) is 2.14. The summed E-state index contributed by atoms with van der Waals surface area (Å²) in [6.07, 6.45) is 1.64. The summed E-state index contributed by atoms with van der Waals surface area (Å²) >= 11 is 0. The number of ether oxygens (including phenoxy) is 1. The van der Waals surface area contributed by atoms with Crippen LogP contribution in [-0.2, 0) is 4.79 Å². The monoisotopic (exact) mass is 339 g/mol. The van der Waals surface area contributed by atoms with Gasteiger partial charge in [-0.1, -0.05) is 30.9 Å². The number of para-hydroxylation sites is 2. The van der Waals surface area contributed by atoms with Crippen LogP contribution in [0.15, 0.2) is 61.2 Å². The number of carbonyl (C=O) groups is 2. The third-order valence-electron chi connectivity index (χ3n) is 3.32. The molecule has 0 atom stereocenters. The quantitative estimate of drug-likeness (QED) is 0.646. The summed E-state index contributed by atoms with van der Waals surface area (Å²) < 4.78 is 5.51. The maximum atomic E-state index is 12.2. The van der Waals surface area contributed by atoms with Gasteiger partial charge < -0.3 is 20.7 Å². The van der Waals surface area contributed by atoms with Crippen LogP contribution < -0.4 is 20.7 Å². The summed E-state index contributed by atoms with van der Waals surface area (Å²) in [4.78, 5) is 23.8. The van der Waals surface area contributed by atoms with E-state index in [1.165, 1.54) is 0 Å². The molecule has 0 spiro atoms. The Morgan fingerprint density at radius 2 is 1.96 bits per heavy atom. The molecule has 0 fully saturated rings. The molecule has 0 aliphatic rings. The molecule has 130 valence electrons. The first kappa shape index (κ1) is 18.1. The molecule has 0 unspecified atom stereocenters. The van der Waals surface area contributed by atoms with Crippen molar-refractivity contribution in [2.24, 2.45) is 0 Å². The Kier molecular flexibility index (Phi) is 6.59. The fourth-order valence-corrected chi connectivity index (χ4v) is 2.14. The maximum Gasteiger partial charge on any atom is 0.251 e. The number of carbonyl (C=O) groups excluding carboxylic acids is 2. The maximum absolute atomic E-state index is 12.2. The third kappa shape index (κ3) is 5.39. The molecule has 0 aliphatic heterocycles. The summed E-state index contributed by atoms with van der Waals surface area (Å²) in [6.45, 7) is 4.03. The molecule has 2 amide bonds. The van der Waals surface area contributed by atoms with Gasteiger partial charge in [0.15, 0.2) is 0 Å². The smallest absolute Gasteiger partial charge is 0.251 e. The highest BCUT2D eigenvalue weighted by atomic mass is 16.5. The molecule has 0 aliphatic carbocycles. The van der Waals surface area contributed by atoms with Crippen LogP contribution in [0.1, 0.15) is 10.4 Å². The van der Waals surface area contributed by atoms with Gasteiger partial charge in [-0.25, -0.2) is 0 Å². The van der Waals surface area contributed by atoms with Crippen molar-refractivity contribution >= 4 is 23.2 Å². The number of nitrogens with one attached hydrogen (secondary N) is 3. The first-order valence-corrected chi connectivity index (χ1v) is 7.82. The van der Waals surface area contributed by atoms with Crippen LogP contribution in [0.4, 0.5) is 11.4 Å². The topological polar surface area (TPSA) is 79.5 Å². The zero-order valence-electron chi connectivity index (χ0n) is 14.0. The minimum Gasteiger partial charge on any atom is -0.487 e. The number of rotatable bonds is 8. The molecular weight excluding hydrogens is 318 g/mol. The molecule has 3 N–H and O–H groups in total. The van der Waals surface area contributed by atoms with Crippen molar-refractivity contribution in [1.29, 1.82) is 0 Å². The summed E-state index contributed by atoms with van der Waals surface area (Å²) in [6, 6.07) is 14.1. The van der Waals surface area contributed by atoms with E-state index in [1.54, 1.807) is 49.5 Å². The first-order chi connectivity index (χ1) is 12.1. The van der Waals surface area contributed by atoms with E-state index in [9.17, 15) is 9.59 Å². The molecular formula is C19H21N3O3. The zero-order valence-corrected chi connectivity index (χ0v) is 14.0. The van der Waals surface area contributed by atoms with Crippen LogP contribution in [0.5, 0.6) is 5.75 Å². The number of hydrogen-bond acceptors (Lipinski definition) is 4. The van der Waals surface area contributed by atoms with E-state index >= 15 is 0 Å². The van der Waals surface area contributed by atoms with Gasteiger partial charge in [-0.2, -0.15) is 0 Å². The lowest BCUT2D eigenvalue weighted by atomic mass is 10.2. The van der Waals surface area contributed by atoms with Crippen molar-refractivity contribution in [2.45, 2.75) is 0 Å². The minimum absolute atomic E-state index is 0.0625. The Labute approximate surface area is 146 Å². The lowest BCUT2D eigenvalue weighted by molar-refractivity contribution is -0.114. The van der Waals surface area contributed by atoms with Crippen molar-refractivity contribution < 1.29 is 14.3 Å². The zero-order chi connectivity index (χ0) is 18.1.